The third kappa shape index (κ3) is 7.89. The van der Waals surface area contributed by atoms with Crippen LogP contribution >= 0.6 is 43.5 Å². The molecule has 13 heteroatoms. The van der Waals surface area contributed by atoms with Crippen LogP contribution in [-0.2, 0) is 40.9 Å². The Kier molecular flexibility index (Phi) is 10.5. The van der Waals surface area contributed by atoms with E-state index in [1.165, 1.54) is 0 Å². The number of rotatable bonds is 10. The summed E-state index contributed by atoms with van der Waals surface area (Å²) in [5.41, 5.74) is 5.20. The van der Waals surface area contributed by atoms with Crippen molar-refractivity contribution in [1.82, 2.24) is 9.62 Å². The second kappa shape index (κ2) is 14.8. The van der Waals surface area contributed by atoms with E-state index in [0.717, 1.165) is 56.1 Å². The SMILES string of the molecule is O=C(NS(=O)(=O)c1ccc(Cl)c([N+](=O)[O-])c1)[C@@H]1Cc2cc(Br)c(OCc3ccccc3)c(Br)c2CN1Cc1ccc(-c2ccccc2)cc1. The van der Waals surface area contributed by atoms with Crippen molar-refractivity contribution in [3.05, 3.63) is 156 Å². The van der Waals surface area contributed by atoms with Gasteiger partial charge in [0.05, 0.1) is 24.8 Å². The molecule has 0 spiro atoms. The molecular weight excluding hydrogens is 798 g/mol. The summed E-state index contributed by atoms with van der Waals surface area (Å²) in [5.74, 6) is -0.148. The molecule has 5 aromatic rings. The quantitative estimate of drug-likeness (QED) is 0.111. The maximum absolute atomic E-state index is 13.9. The Hall–Kier alpha value is -4.07. The first-order valence-electron chi connectivity index (χ1n) is 15.1. The van der Waals surface area contributed by atoms with Crippen LogP contribution < -0.4 is 9.46 Å². The molecule has 1 N–H and O–H groups in total. The fourth-order valence-electron chi connectivity index (χ4n) is 5.71. The number of nitrogens with one attached hydrogen (secondary N) is 1. The minimum atomic E-state index is -4.48. The largest absolute Gasteiger partial charge is 0.487 e. The lowest BCUT2D eigenvalue weighted by atomic mass is 9.92. The number of sulfonamides is 1. The summed E-state index contributed by atoms with van der Waals surface area (Å²) in [7, 11) is -4.48. The van der Waals surface area contributed by atoms with Crippen LogP contribution in [0.1, 0.15) is 22.3 Å². The van der Waals surface area contributed by atoms with Crippen LogP contribution in [0.2, 0.25) is 5.02 Å². The molecule has 0 bridgehead atoms. The van der Waals surface area contributed by atoms with Crippen molar-refractivity contribution in [2.24, 2.45) is 0 Å². The zero-order valence-electron chi connectivity index (χ0n) is 25.7. The number of halogens is 3. The van der Waals surface area contributed by atoms with Crippen molar-refractivity contribution in [2.45, 2.75) is 37.1 Å². The summed E-state index contributed by atoms with van der Waals surface area (Å²) >= 11 is 13.3. The van der Waals surface area contributed by atoms with Crippen LogP contribution in [0.15, 0.2) is 123 Å². The molecule has 0 saturated carbocycles. The Morgan fingerprint density at radius 2 is 1.57 bits per heavy atom. The highest BCUT2D eigenvalue weighted by Gasteiger charge is 2.36. The second-order valence-electron chi connectivity index (χ2n) is 11.4. The lowest BCUT2D eigenvalue weighted by Crippen LogP contribution is -2.51. The third-order valence-corrected chi connectivity index (χ3v) is 11.3. The van der Waals surface area contributed by atoms with Crippen LogP contribution in [0.4, 0.5) is 5.69 Å². The number of hydrogen-bond donors (Lipinski definition) is 1. The molecule has 1 amide bonds. The number of carbonyl (C=O) groups excluding carboxylic acids is 1. The van der Waals surface area contributed by atoms with E-state index in [1.807, 2.05) is 95.9 Å². The summed E-state index contributed by atoms with van der Waals surface area (Å²) in [6.07, 6.45) is 0.190. The first-order valence-corrected chi connectivity index (χ1v) is 18.5. The number of fused-ring (bicyclic) bond motifs is 1. The van der Waals surface area contributed by atoms with Crippen molar-refractivity contribution in [1.29, 1.82) is 0 Å². The molecule has 1 aliphatic heterocycles. The van der Waals surface area contributed by atoms with Gasteiger partial charge in [-0.15, -0.1) is 0 Å². The number of carbonyl (C=O) groups is 1. The van der Waals surface area contributed by atoms with Gasteiger partial charge in [0.25, 0.3) is 21.6 Å². The van der Waals surface area contributed by atoms with Crippen LogP contribution in [0.3, 0.4) is 0 Å². The minimum absolute atomic E-state index is 0.190. The smallest absolute Gasteiger partial charge is 0.289 e. The zero-order valence-corrected chi connectivity index (χ0v) is 30.4. The Morgan fingerprint density at radius 1 is 0.918 bits per heavy atom. The van der Waals surface area contributed by atoms with Gasteiger partial charge >= 0.3 is 0 Å². The standard InChI is InChI=1S/C36H28Br2ClN3O6S/c37-30-17-27-18-33(36(43)40-49(46,47)28-15-16-31(39)32(19-28)42(44)45)41(20-23-11-13-26(14-12-23)25-9-5-2-6-10-25)21-29(27)34(38)35(30)48-22-24-7-3-1-4-8-24/h1-17,19,33H,18,20-22H2,(H,40,43)/t33-/m0/s1. The number of nitro groups is 1. The van der Waals surface area contributed by atoms with Crippen molar-refractivity contribution < 1.29 is 22.9 Å². The third-order valence-electron chi connectivity index (χ3n) is 8.22. The minimum Gasteiger partial charge on any atom is -0.487 e. The molecule has 1 aliphatic rings. The summed E-state index contributed by atoms with van der Waals surface area (Å²) in [6.45, 7) is 0.984. The van der Waals surface area contributed by atoms with Crippen molar-refractivity contribution >= 4 is 65.1 Å². The van der Waals surface area contributed by atoms with Gasteiger partial charge < -0.3 is 4.74 Å². The number of benzene rings is 5. The van der Waals surface area contributed by atoms with E-state index in [4.69, 9.17) is 16.3 Å². The van der Waals surface area contributed by atoms with Gasteiger partial charge in [-0.3, -0.25) is 19.8 Å². The summed E-state index contributed by atoms with van der Waals surface area (Å²) in [5, 5.41) is 11.2. The van der Waals surface area contributed by atoms with E-state index < -0.39 is 37.5 Å². The highest BCUT2D eigenvalue weighted by Crippen LogP contribution is 2.42. The van der Waals surface area contributed by atoms with Crippen LogP contribution in [-0.4, -0.2) is 30.2 Å². The molecule has 6 rings (SSSR count). The van der Waals surface area contributed by atoms with Crippen LogP contribution in [0.25, 0.3) is 11.1 Å². The summed E-state index contributed by atoms with van der Waals surface area (Å²) in [6, 6.07) is 31.8. The molecule has 250 valence electrons. The zero-order chi connectivity index (χ0) is 34.7. The maximum atomic E-state index is 13.9. The molecule has 5 aromatic carbocycles. The maximum Gasteiger partial charge on any atom is 0.289 e. The average molecular weight is 826 g/mol. The van der Waals surface area contributed by atoms with Gasteiger partial charge in [-0.2, -0.15) is 0 Å². The Labute approximate surface area is 305 Å². The van der Waals surface area contributed by atoms with Gasteiger partial charge in [0.15, 0.2) is 0 Å². The molecular formula is C36H28Br2ClN3O6S. The monoisotopic (exact) mass is 823 g/mol. The molecule has 0 unspecified atom stereocenters. The highest BCUT2D eigenvalue weighted by molar-refractivity contribution is 9.11. The Balaban J connectivity index is 1.31. The average Bonchev–Trinajstić information content (AvgIpc) is 3.09. The number of nitro benzene ring substituents is 1. The van der Waals surface area contributed by atoms with Crippen molar-refractivity contribution in [3.63, 3.8) is 0 Å². The lowest BCUT2D eigenvalue weighted by molar-refractivity contribution is -0.384. The molecule has 9 nitrogen and oxygen atoms in total. The van der Waals surface area contributed by atoms with Gasteiger partial charge in [0.2, 0.25) is 0 Å². The predicted octanol–water partition coefficient (Wildman–Crippen LogP) is 8.45. The molecule has 0 radical (unpaired) electrons. The molecule has 0 aromatic heterocycles. The topological polar surface area (TPSA) is 119 Å². The van der Waals surface area contributed by atoms with Gasteiger partial charge in [-0.25, -0.2) is 13.1 Å². The molecule has 1 atom stereocenters. The fourth-order valence-corrected chi connectivity index (χ4v) is 8.49. The molecule has 1 heterocycles. The predicted molar refractivity (Wildman–Crippen MR) is 195 cm³/mol. The molecule has 49 heavy (non-hydrogen) atoms. The molecule has 0 aliphatic carbocycles. The first kappa shape index (κ1) is 34.8. The van der Waals surface area contributed by atoms with E-state index in [9.17, 15) is 23.3 Å². The normalized spacial score (nSPS) is 14.6. The number of amides is 1. The second-order valence-corrected chi connectivity index (χ2v) is 15.2. The van der Waals surface area contributed by atoms with Crippen molar-refractivity contribution in [3.8, 4) is 16.9 Å². The van der Waals surface area contributed by atoms with E-state index in [2.05, 4.69) is 36.6 Å². The Morgan fingerprint density at radius 3 is 2.24 bits per heavy atom. The number of nitrogens with zero attached hydrogens (tertiary/aromatic N) is 2. The first-order chi connectivity index (χ1) is 23.5. The van der Waals surface area contributed by atoms with Gasteiger partial charge in [-0.1, -0.05) is 96.5 Å². The van der Waals surface area contributed by atoms with E-state index in [1.54, 1.807) is 0 Å². The van der Waals surface area contributed by atoms with Crippen molar-refractivity contribution in [2.75, 3.05) is 0 Å². The van der Waals surface area contributed by atoms with Gasteiger partial charge in [0, 0.05) is 19.2 Å². The lowest BCUT2D eigenvalue weighted by Gasteiger charge is -2.37. The fraction of sp³-hybridized carbons (Fsp3) is 0.139. The van der Waals surface area contributed by atoms with E-state index >= 15 is 0 Å². The molecule has 0 saturated heterocycles. The van der Waals surface area contributed by atoms with Gasteiger partial charge in [-0.05, 0) is 89.9 Å². The van der Waals surface area contributed by atoms with Crippen LogP contribution in [0.5, 0.6) is 5.75 Å². The summed E-state index contributed by atoms with van der Waals surface area (Å²) in [4.78, 5) is 26.0. The Bertz CT molecular complexity index is 2140. The van der Waals surface area contributed by atoms with Gasteiger partial charge in [0.1, 0.15) is 17.4 Å². The molecule has 0 fully saturated rings. The summed E-state index contributed by atoms with van der Waals surface area (Å²) < 4.78 is 36.5. The number of hydrogen-bond acceptors (Lipinski definition) is 7. The van der Waals surface area contributed by atoms with Crippen LogP contribution in [0, 0.1) is 10.1 Å². The highest BCUT2D eigenvalue weighted by atomic mass is 79.9. The van der Waals surface area contributed by atoms with E-state index in [-0.39, 0.29) is 11.4 Å². The van der Waals surface area contributed by atoms with E-state index in [0.29, 0.717) is 29.9 Å². The number of ether oxygens (including phenoxy) is 1.